The predicted octanol–water partition coefficient (Wildman–Crippen LogP) is 4.27. The monoisotopic (exact) mass is 332 g/mol. The number of nitrogens with zero attached hydrogens (tertiary/aromatic N) is 1. The van der Waals surface area contributed by atoms with Crippen LogP contribution in [0.4, 0.5) is 5.69 Å². The van der Waals surface area contributed by atoms with Crippen LogP contribution in [0.1, 0.15) is 59.4 Å². The minimum absolute atomic E-state index is 0.0205. The molecule has 1 rings (SSSR count). The summed E-state index contributed by atoms with van der Waals surface area (Å²) in [5.74, 6) is 0.322. The van der Waals surface area contributed by atoms with E-state index in [0.717, 1.165) is 12.8 Å². The summed E-state index contributed by atoms with van der Waals surface area (Å²) in [6, 6.07) is 7.18. The zero-order valence-electron chi connectivity index (χ0n) is 15.3. The second-order valence-corrected chi connectivity index (χ2v) is 6.27. The van der Waals surface area contributed by atoms with E-state index in [1.165, 1.54) is 0 Å². The third-order valence-corrected chi connectivity index (χ3v) is 3.55. The van der Waals surface area contributed by atoms with Gasteiger partial charge >= 0.3 is 0 Å². The second-order valence-electron chi connectivity index (χ2n) is 6.27. The molecule has 0 spiro atoms. The third kappa shape index (κ3) is 5.54. The molecule has 132 valence electrons. The summed E-state index contributed by atoms with van der Waals surface area (Å²) >= 11 is 0. The fourth-order valence-electron chi connectivity index (χ4n) is 2.37. The fraction of sp³-hybridized carbons (Fsp3) is 0.579. The number of ether oxygens (including phenoxy) is 2. The van der Waals surface area contributed by atoms with E-state index in [9.17, 15) is 10.1 Å². The molecule has 0 bridgehead atoms. The Morgan fingerprint density at radius 3 is 2.58 bits per heavy atom. The van der Waals surface area contributed by atoms with E-state index in [-0.39, 0.29) is 12.0 Å². The minimum atomic E-state index is -0.870. The van der Waals surface area contributed by atoms with Gasteiger partial charge in [-0.1, -0.05) is 20.3 Å². The van der Waals surface area contributed by atoms with E-state index >= 15 is 0 Å². The topological polar surface area (TPSA) is 71.3 Å². The van der Waals surface area contributed by atoms with Gasteiger partial charge in [-0.3, -0.25) is 4.79 Å². The highest BCUT2D eigenvalue weighted by molar-refractivity contribution is 5.97. The molecule has 24 heavy (non-hydrogen) atoms. The second kappa shape index (κ2) is 9.29. The Morgan fingerprint density at radius 1 is 1.33 bits per heavy atom. The van der Waals surface area contributed by atoms with Gasteiger partial charge in [0.15, 0.2) is 0 Å². The Bertz CT molecular complexity index is 593. The summed E-state index contributed by atoms with van der Waals surface area (Å²) < 4.78 is 11.4. The zero-order valence-corrected chi connectivity index (χ0v) is 15.3. The fourth-order valence-corrected chi connectivity index (χ4v) is 2.37. The van der Waals surface area contributed by atoms with Crippen LogP contribution in [0.25, 0.3) is 0 Å². The van der Waals surface area contributed by atoms with Crippen molar-refractivity contribution in [2.45, 2.75) is 65.6 Å². The lowest BCUT2D eigenvalue weighted by Crippen LogP contribution is -2.43. The van der Waals surface area contributed by atoms with Gasteiger partial charge < -0.3 is 14.8 Å². The molecule has 0 aliphatic carbocycles. The van der Waals surface area contributed by atoms with Crippen LogP contribution >= 0.6 is 0 Å². The number of nitrogens with one attached hydrogen (secondary N) is 1. The standard InChI is InChI=1S/C19H28N2O3/c1-6-10-19(5,23-11-7-2)18(22)21-16-8-9-17(24-14(3)4)15(12-16)13-20/h8-9,12,14H,6-7,10-11H2,1-5H3,(H,21,22)/t19-/m1/s1. The van der Waals surface area contributed by atoms with Crippen LogP contribution in [-0.4, -0.2) is 24.2 Å². The zero-order chi connectivity index (χ0) is 18.2. The van der Waals surface area contributed by atoms with Crippen LogP contribution in [-0.2, 0) is 9.53 Å². The minimum Gasteiger partial charge on any atom is -0.490 e. The summed E-state index contributed by atoms with van der Waals surface area (Å²) in [5, 5.41) is 12.1. The summed E-state index contributed by atoms with van der Waals surface area (Å²) in [4.78, 5) is 12.6. The van der Waals surface area contributed by atoms with Crippen molar-refractivity contribution in [2.75, 3.05) is 11.9 Å². The van der Waals surface area contributed by atoms with Gasteiger partial charge in [0.2, 0.25) is 0 Å². The third-order valence-electron chi connectivity index (χ3n) is 3.55. The first kappa shape index (κ1) is 20.0. The number of hydrogen-bond donors (Lipinski definition) is 1. The van der Waals surface area contributed by atoms with E-state index in [2.05, 4.69) is 11.4 Å². The number of anilines is 1. The largest absolute Gasteiger partial charge is 0.490 e. The van der Waals surface area contributed by atoms with E-state index in [1.54, 1.807) is 18.2 Å². The highest BCUT2D eigenvalue weighted by Crippen LogP contribution is 2.25. The van der Waals surface area contributed by atoms with Crippen molar-refractivity contribution in [3.63, 3.8) is 0 Å². The van der Waals surface area contributed by atoms with Crippen molar-refractivity contribution in [3.05, 3.63) is 23.8 Å². The first-order valence-corrected chi connectivity index (χ1v) is 8.52. The number of rotatable bonds is 9. The maximum atomic E-state index is 12.6. The Labute approximate surface area is 145 Å². The van der Waals surface area contributed by atoms with E-state index in [4.69, 9.17) is 9.47 Å². The van der Waals surface area contributed by atoms with Crippen molar-refractivity contribution < 1.29 is 14.3 Å². The molecule has 0 aliphatic heterocycles. The van der Waals surface area contributed by atoms with Gasteiger partial charge in [-0.2, -0.15) is 5.26 Å². The van der Waals surface area contributed by atoms with Crippen molar-refractivity contribution in [3.8, 4) is 11.8 Å². The number of carbonyl (C=O) groups excluding carboxylic acids is 1. The normalized spacial score (nSPS) is 13.2. The van der Waals surface area contributed by atoms with Gasteiger partial charge in [0.1, 0.15) is 17.4 Å². The van der Waals surface area contributed by atoms with Gasteiger partial charge in [0, 0.05) is 12.3 Å². The first-order valence-electron chi connectivity index (χ1n) is 8.52. The molecular weight excluding hydrogens is 304 g/mol. The molecule has 0 fully saturated rings. The van der Waals surface area contributed by atoms with Gasteiger partial charge in [0.05, 0.1) is 11.7 Å². The molecule has 1 atom stereocenters. The summed E-state index contributed by atoms with van der Waals surface area (Å²) in [6.07, 6.45) is 2.32. The molecule has 0 radical (unpaired) electrons. The molecule has 0 saturated heterocycles. The van der Waals surface area contributed by atoms with Crippen LogP contribution < -0.4 is 10.1 Å². The van der Waals surface area contributed by atoms with Crippen LogP contribution in [0, 0.1) is 11.3 Å². The molecule has 0 unspecified atom stereocenters. The van der Waals surface area contributed by atoms with Crippen molar-refractivity contribution in [2.24, 2.45) is 0 Å². The summed E-state index contributed by atoms with van der Waals surface area (Å²) in [6.45, 7) is 10.2. The SMILES string of the molecule is CCCO[C@](C)(CCC)C(=O)Nc1ccc(OC(C)C)c(C#N)c1. The number of nitriles is 1. The molecule has 1 amide bonds. The highest BCUT2D eigenvalue weighted by Gasteiger charge is 2.33. The average molecular weight is 332 g/mol. The smallest absolute Gasteiger partial charge is 0.256 e. The summed E-state index contributed by atoms with van der Waals surface area (Å²) in [5.41, 5.74) is 0.0910. The van der Waals surface area contributed by atoms with Crippen molar-refractivity contribution in [1.29, 1.82) is 5.26 Å². The van der Waals surface area contributed by atoms with Crippen LogP contribution in [0.15, 0.2) is 18.2 Å². The molecule has 1 N–H and O–H groups in total. The maximum Gasteiger partial charge on any atom is 0.256 e. The Hall–Kier alpha value is -2.06. The number of benzene rings is 1. The number of hydrogen-bond acceptors (Lipinski definition) is 4. The molecule has 0 heterocycles. The van der Waals surface area contributed by atoms with Crippen LogP contribution in [0.5, 0.6) is 5.75 Å². The lowest BCUT2D eigenvalue weighted by atomic mass is 9.98. The summed E-state index contributed by atoms with van der Waals surface area (Å²) in [7, 11) is 0. The highest BCUT2D eigenvalue weighted by atomic mass is 16.5. The van der Waals surface area contributed by atoms with Gasteiger partial charge in [-0.05, 0) is 51.8 Å². The predicted molar refractivity (Wildman–Crippen MR) is 95.1 cm³/mol. The Balaban J connectivity index is 2.94. The van der Waals surface area contributed by atoms with E-state index in [1.807, 2.05) is 34.6 Å². The number of carbonyl (C=O) groups is 1. The van der Waals surface area contributed by atoms with Crippen molar-refractivity contribution >= 4 is 11.6 Å². The van der Waals surface area contributed by atoms with Gasteiger partial charge in [0.25, 0.3) is 5.91 Å². The quantitative estimate of drug-likeness (QED) is 0.733. The van der Waals surface area contributed by atoms with E-state index in [0.29, 0.717) is 30.0 Å². The maximum absolute atomic E-state index is 12.6. The molecule has 5 heteroatoms. The Kier molecular flexibility index (Phi) is 7.73. The lowest BCUT2D eigenvalue weighted by molar-refractivity contribution is -0.140. The molecule has 0 aliphatic rings. The van der Waals surface area contributed by atoms with Crippen LogP contribution in [0.3, 0.4) is 0 Å². The Morgan fingerprint density at radius 2 is 2.04 bits per heavy atom. The number of amides is 1. The molecule has 1 aromatic rings. The van der Waals surface area contributed by atoms with Crippen molar-refractivity contribution in [1.82, 2.24) is 0 Å². The molecule has 1 aromatic carbocycles. The molecule has 0 aromatic heterocycles. The van der Waals surface area contributed by atoms with E-state index < -0.39 is 5.60 Å². The molecule has 0 saturated carbocycles. The first-order chi connectivity index (χ1) is 11.4. The molecular formula is C19H28N2O3. The van der Waals surface area contributed by atoms with Gasteiger partial charge in [-0.15, -0.1) is 0 Å². The molecule has 5 nitrogen and oxygen atoms in total. The average Bonchev–Trinajstić information content (AvgIpc) is 2.54. The van der Waals surface area contributed by atoms with Crippen LogP contribution in [0.2, 0.25) is 0 Å². The van der Waals surface area contributed by atoms with Gasteiger partial charge in [-0.25, -0.2) is 0 Å². The lowest BCUT2D eigenvalue weighted by Gasteiger charge is -2.28.